The van der Waals surface area contributed by atoms with Gasteiger partial charge in [-0.2, -0.15) is 4.98 Å². The van der Waals surface area contributed by atoms with Crippen LogP contribution in [0.3, 0.4) is 0 Å². The van der Waals surface area contributed by atoms with Gasteiger partial charge in [-0.25, -0.2) is 4.39 Å². The first-order chi connectivity index (χ1) is 14.2. The molecule has 0 radical (unpaired) electrons. The van der Waals surface area contributed by atoms with Crippen molar-refractivity contribution in [1.29, 1.82) is 0 Å². The standard InChI is InChI=1S/C21H22FN5O2/c22-18-3-1-17(2-4-18)21-24-19(29-25-21)5-6-20(28)27-13-11-26(12-14-27)15-16-7-9-23-10-8-16/h1-4,7-10H,5-6,11-15H2. The highest BCUT2D eigenvalue weighted by Crippen LogP contribution is 2.17. The maximum absolute atomic E-state index is 13.0. The Kier molecular flexibility index (Phi) is 5.90. The second-order valence-corrected chi connectivity index (χ2v) is 7.03. The fourth-order valence-corrected chi connectivity index (χ4v) is 3.35. The number of halogens is 1. The Morgan fingerprint density at radius 1 is 1.03 bits per heavy atom. The highest BCUT2D eigenvalue weighted by molar-refractivity contribution is 5.76. The van der Waals surface area contributed by atoms with Gasteiger partial charge in [0.2, 0.25) is 17.6 Å². The number of pyridine rings is 1. The molecule has 0 atom stereocenters. The van der Waals surface area contributed by atoms with E-state index in [-0.39, 0.29) is 11.7 Å². The molecule has 1 amide bonds. The van der Waals surface area contributed by atoms with Crippen LogP contribution in [-0.4, -0.2) is 57.0 Å². The van der Waals surface area contributed by atoms with E-state index in [4.69, 9.17) is 4.52 Å². The normalized spacial score (nSPS) is 14.9. The molecule has 1 fully saturated rings. The quantitative estimate of drug-likeness (QED) is 0.639. The van der Waals surface area contributed by atoms with E-state index in [0.717, 1.165) is 19.6 Å². The van der Waals surface area contributed by atoms with Gasteiger partial charge in [0.15, 0.2) is 0 Å². The minimum absolute atomic E-state index is 0.0927. The Morgan fingerprint density at radius 3 is 2.48 bits per heavy atom. The van der Waals surface area contributed by atoms with E-state index in [1.54, 1.807) is 24.5 Å². The highest BCUT2D eigenvalue weighted by atomic mass is 19.1. The van der Waals surface area contributed by atoms with Gasteiger partial charge in [-0.3, -0.25) is 14.7 Å². The van der Waals surface area contributed by atoms with Crippen LogP contribution in [0, 0.1) is 5.82 Å². The van der Waals surface area contributed by atoms with Crippen LogP contribution < -0.4 is 0 Å². The number of hydrogen-bond donors (Lipinski definition) is 0. The summed E-state index contributed by atoms with van der Waals surface area (Å²) in [5, 5.41) is 3.91. The van der Waals surface area contributed by atoms with Crippen LogP contribution in [0.4, 0.5) is 4.39 Å². The average Bonchev–Trinajstić information content (AvgIpc) is 3.23. The molecule has 0 unspecified atom stereocenters. The van der Waals surface area contributed by atoms with Gasteiger partial charge in [0.05, 0.1) is 0 Å². The van der Waals surface area contributed by atoms with Crippen molar-refractivity contribution in [3.8, 4) is 11.4 Å². The van der Waals surface area contributed by atoms with Crippen molar-refractivity contribution in [2.45, 2.75) is 19.4 Å². The van der Waals surface area contributed by atoms with Crippen molar-refractivity contribution in [3.05, 3.63) is 66.1 Å². The summed E-state index contributed by atoms with van der Waals surface area (Å²) in [5.41, 5.74) is 1.91. The summed E-state index contributed by atoms with van der Waals surface area (Å²) in [4.78, 5) is 25.1. The number of piperazine rings is 1. The molecule has 0 spiro atoms. The lowest BCUT2D eigenvalue weighted by Gasteiger charge is -2.34. The Labute approximate surface area is 168 Å². The van der Waals surface area contributed by atoms with Crippen LogP contribution in [0.15, 0.2) is 53.3 Å². The van der Waals surface area contributed by atoms with Crippen LogP contribution >= 0.6 is 0 Å². The zero-order chi connectivity index (χ0) is 20.1. The van der Waals surface area contributed by atoms with Crippen molar-refractivity contribution < 1.29 is 13.7 Å². The molecule has 0 bridgehead atoms. The van der Waals surface area contributed by atoms with E-state index >= 15 is 0 Å². The molecular weight excluding hydrogens is 373 g/mol. The number of aryl methyl sites for hydroxylation is 1. The van der Waals surface area contributed by atoms with Crippen LogP contribution in [0.5, 0.6) is 0 Å². The Balaban J connectivity index is 1.24. The van der Waals surface area contributed by atoms with Gasteiger partial charge in [0, 0.05) is 63.5 Å². The first-order valence-electron chi connectivity index (χ1n) is 9.65. The fourth-order valence-electron chi connectivity index (χ4n) is 3.35. The lowest BCUT2D eigenvalue weighted by molar-refractivity contribution is -0.133. The molecule has 29 heavy (non-hydrogen) atoms. The van der Waals surface area contributed by atoms with Gasteiger partial charge >= 0.3 is 0 Å². The van der Waals surface area contributed by atoms with Gasteiger partial charge < -0.3 is 9.42 Å². The SMILES string of the molecule is O=C(CCc1nc(-c2ccc(F)cc2)no1)N1CCN(Cc2ccncc2)CC1. The molecule has 0 N–H and O–H groups in total. The smallest absolute Gasteiger partial charge is 0.227 e. The van der Waals surface area contributed by atoms with Crippen molar-refractivity contribution in [2.75, 3.05) is 26.2 Å². The summed E-state index contributed by atoms with van der Waals surface area (Å²) in [6.07, 6.45) is 4.32. The molecule has 1 aromatic carbocycles. The van der Waals surface area contributed by atoms with Crippen molar-refractivity contribution >= 4 is 5.91 Å². The number of amides is 1. The summed E-state index contributed by atoms with van der Waals surface area (Å²) in [5.74, 6) is 0.588. The van der Waals surface area contributed by atoms with Crippen LogP contribution in [0.1, 0.15) is 17.9 Å². The minimum Gasteiger partial charge on any atom is -0.340 e. The summed E-state index contributed by atoms with van der Waals surface area (Å²) >= 11 is 0. The van der Waals surface area contributed by atoms with Crippen LogP contribution in [-0.2, 0) is 17.8 Å². The number of rotatable bonds is 6. The van der Waals surface area contributed by atoms with E-state index in [1.807, 2.05) is 17.0 Å². The average molecular weight is 395 g/mol. The van der Waals surface area contributed by atoms with Crippen LogP contribution in [0.25, 0.3) is 11.4 Å². The third-order valence-electron chi connectivity index (χ3n) is 5.00. The van der Waals surface area contributed by atoms with Crippen molar-refractivity contribution in [3.63, 3.8) is 0 Å². The minimum atomic E-state index is -0.316. The lowest BCUT2D eigenvalue weighted by Crippen LogP contribution is -2.48. The fraction of sp³-hybridized carbons (Fsp3) is 0.333. The molecule has 0 saturated carbocycles. The monoisotopic (exact) mass is 395 g/mol. The van der Waals surface area contributed by atoms with Crippen LogP contribution in [0.2, 0.25) is 0 Å². The van der Waals surface area contributed by atoms with Gasteiger partial charge in [0.1, 0.15) is 5.82 Å². The Bertz CT molecular complexity index is 937. The van der Waals surface area contributed by atoms with Gasteiger partial charge in [0.25, 0.3) is 0 Å². The first-order valence-corrected chi connectivity index (χ1v) is 9.65. The summed E-state index contributed by atoms with van der Waals surface area (Å²) in [6.45, 7) is 4.01. The van der Waals surface area contributed by atoms with E-state index in [9.17, 15) is 9.18 Å². The molecular formula is C21H22FN5O2. The molecule has 0 aliphatic carbocycles. The maximum atomic E-state index is 13.0. The lowest BCUT2D eigenvalue weighted by atomic mass is 10.2. The largest absolute Gasteiger partial charge is 0.340 e. The predicted octanol–water partition coefficient (Wildman–Crippen LogP) is 2.55. The van der Waals surface area contributed by atoms with Crippen molar-refractivity contribution in [1.82, 2.24) is 24.9 Å². The predicted molar refractivity (Wildman–Crippen MR) is 104 cm³/mol. The van der Waals surface area contributed by atoms with E-state index < -0.39 is 0 Å². The first kappa shape index (κ1) is 19.2. The molecule has 1 aliphatic heterocycles. The van der Waals surface area contributed by atoms with E-state index in [0.29, 0.717) is 43.2 Å². The molecule has 7 nitrogen and oxygen atoms in total. The number of benzene rings is 1. The second kappa shape index (κ2) is 8.91. The molecule has 3 heterocycles. The Morgan fingerprint density at radius 2 is 1.76 bits per heavy atom. The second-order valence-electron chi connectivity index (χ2n) is 7.03. The molecule has 3 aromatic rings. The summed E-state index contributed by atoms with van der Waals surface area (Å²) in [7, 11) is 0. The molecule has 4 rings (SSSR count). The Hall–Kier alpha value is -3.13. The third kappa shape index (κ3) is 5.03. The molecule has 2 aromatic heterocycles. The zero-order valence-corrected chi connectivity index (χ0v) is 16.0. The highest BCUT2D eigenvalue weighted by Gasteiger charge is 2.21. The number of carbonyl (C=O) groups is 1. The molecule has 1 saturated heterocycles. The number of carbonyl (C=O) groups excluding carboxylic acids is 1. The zero-order valence-electron chi connectivity index (χ0n) is 16.0. The topological polar surface area (TPSA) is 75.4 Å². The summed E-state index contributed by atoms with van der Waals surface area (Å²) < 4.78 is 18.2. The number of nitrogens with zero attached hydrogens (tertiary/aromatic N) is 5. The van der Waals surface area contributed by atoms with Gasteiger partial charge in [-0.1, -0.05) is 5.16 Å². The van der Waals surface area contributed by atoms with Gasteiger partial charge in [-0.05, 0) is 42.0 Å². The molecule has 8 heteroatoms. The molecule has 1 aliphatic rings. The van der Waals surface area contributed by atoms with Gasteiger partial charge in [-0.15, -0.1) is 0 Å². The maximum Gasteiger partial charge on any atom is 0.227 e. The third-order valence-corrected chi connectivity index (χ3v) is 5.00. The number of hydrogen-bond acceptors (Lipinski definition) is 6. The number of aromatic nitrogens is 3. The molecule has 150 valence electrons. The van der Waals surface area contributed by atoms with E-state index in [1.165, 1.54) is 17.7 Å². The van der Waals surface area contributed by atoms with E-state index in [2.05, 4.69) is 20.0 Å². The summed E-state index contributed by atoms with van der Waals surface area (Å²) in [6, 6.07) is 9.93. The van der Waals surface area contributed by atoms with Crippen molar-refractivity contribution in [2.24, 2.45) is 0 Å².